The standard InChI is InChI=1S/C13H26N2S/c1-13(6-7-14-10-13)11-15-8-4-3-5-12(9-15)16-2/h12,14H,3-11H2,1-2H3. The molecule has 0 bridgehead atoms. The number of nitrogens with one attached hydrogen (secondary N) is 1. The van der Waals surface area contributed by atoms with Crippen LogP contribution in [-0.2, 0) is 0 Å². The van der Waals surface area contributed by atoms with E-state index in [1.54, 1.807) is 0 Å². The van der Waals surface area contributed by atoms with Crippen molar-refractivity contribution < 1.29 is 0 Å². The Hall–Kier alpha value is 0.270. The highest BCUT2D eigenvalue weighted by Crippen LogP contribution is 2.28. The van der Waals surface area contributed by atoms with Gasteiger partial charge in [0, 0.05) is 24.9 Å². The lowest BCUT2D eigenvalue weighted by atomic mass is 9.89. The Labute approximate surface area is 105 Å². The lowest BCUT2D eigenvalue weighted by Gasteiger charge is -2.32. The molecule has 2 unspecified atom stereocenters. The van der Waals surface area contributed by atoms with Crippen LogP contribution >= 0.6 is 11.8 Å². The summed E-state index contributed by atoms with van der Waals surface area (Å²) in [6.07, 6.45) is 7.88. The summed E-state index contributed by atoms with van der Waals surface area (Å²) in [7, 11) is 0. The zero-order chi connectivity index (χ0) is 11.4. The van der Waals surface area contributed by atoms with Gasteiger partial charge in [0.25, 0.3) is 0 Å². The number of hydrogen-bond donors (Lipinski definition) is 1. The summed E-state index contributed by atoms with van der Waals surface area (Å²) in [6.45, 7) is 8.83. The third-order valence-corrected chi connectivity index (χ3v) is 5.16. The number of hydrogen-bond acceptors (Lipinski definition) is 3. The second-order valence-electron chi connectivity index (χ2n) is 5.83. The predicted molar refractivity (Wildman–Crippen MR) is 73.2 cm³/mol. The van der Waals surface area contributed by atoms with Crippen LogP contribution in [-0.4, -0.2) is 49.1 Å². The second kappa shape index (κ2) is 5.74. The largest absolute Gasteiger partial charge is 0.316 e. The summed E-state index contributed by atoms with van der Waals surface area (Å²) in [4.78, 5) is 2.72. The molecular weight excluding hydrogens is 216 g/mol. The van der Waals surface area contributed by atoms with E-state index >= 15 is 0 Å². The fourth-order valence-electron chi connectivity index (χ4n) is 3.06. The van der Waals surface area contributed by atoms with E-state index in [0.717, 1.165) is 5.25 Å². The monoisotopic (exact) mass is 242 g/mol. The van der Waals surface area contributed by atoms with Gasteiger partial charge in [0.15, 0.2) is 0 Å². The molecule has 2 aliphatic rings. The van der Waals surface area contributed by atoms with E-state index < -0.39 is 0 Å². The molecule has 0 aromatic carbocycles. The molecule has 0 aromatic heterocycles. The van der Waals surface area contributed by atoms with Gasteiger partial charge in [0.1, 0.15) is 0 Å². The van der Waals surface area contributed by atoms with Crippen LogP contribution in [0.3, 0.4) is 0 Å². The molecule has 0 aliphatic carbocycles. The maximum absolute atomic E-state index is 3.51. The van der Waals surface area contributed by atoms with Gasteiger partial charge in [-0.15, -0.1) is 0 Å². The number of nitrogens with zero attached hydrogens (tertiary/aromatic N) is 1. The highest BCUT2D eigenvalue weighted by molar-refractivity contribution is 7.99. The average Bonchev–Trinajstić information content (AvgIpc) is 2.56. The molecule has 0 amide bonds. The van der Waals surface area contributed by atoms with Gasteiger partial charge in [-0.1, -0.05) is 13.3 Å². The third kappa shape index (κ3) is 3.38. The molecule has 2 saturated heterocycles. The van der Waals surface area contributed by atoms with Gasteiger partial charge in [-0.05, 0) is 44.0 Å². The Morgan fingerprint density at radius 2 is 2.31 bits per heavy atom. The van der Waals surface area contributed by atoms with Gasteiger partial charge in [-0.2, -0.15) is 11.8 Å². The van der Waals surface area contributed by atoms with Crippen LogP contribution in [0.2, 0.25) is 0 Å². The van der Waals surface area contributed by atoms with Gasteiger partial charge in [-0.25, -0.2) is 0 Å². The van der Waals surface area contributed by atoms with Crippen LogP contribution < -0.4 is 5.32 Å². The van der Waals surface area contributed by atoms with Crippen molar-refractivity contribution in [2.45, 2.75) is 37.9 Å². The van der Waals surface area contributed by atoms with Crippen molar-refractivity contribution in [1.82, 2.24) is 10.2 Å². The van der Waals surface area contributed by atoms with Crippen LogP contribution in [0.5, 0.6) is 0 Å². The topological polar surface area (TPSA) is 15.3 Å². The van der Waals surface area contributed by atoms with Crippen molar-refractivity contribution >= 4 is 11.8 Å². The normalized spacial score (nSPS) is 37.5. The van der Waals surface area contributed by atoms with Crippen molar-refractivity contribution in [1.29, 1.82) is 0 Å². The fraction of sp³-hybridized carbons (Fsp3) is 1.00. The summed E-state index contributed by atoms with van der Waals surface area (Å²) >= 11 is 2.06. The molecule has 0 saturated carbocycles. The molecule has 0 radical (unpaired) electrons. The van der Waals surface area contributed by atoms with Crippen LogP contribution in [0.15, 0.2) is 0 Å². The minimum absolute atomic E-state index is 0.535. The van der Waals surface area contributed by atoms with Crippen molar-refractivity contribution in [2.24, 2.45) is 5.41 Å². The highest BCUT2D eigenvalue weighted by Gasteiger charge is 2.31. The number of thioether (sulfide) groups is 1. The Balaban J connectivity index is 1.87. The lowest BCUT2D eigenvalue weighted by molar-refractivity contribution is 0.184. The van der Waals surface area contributed by atoms with Gasteiger partial charge in [0.05, 0.1) is 0 Å². The molecule has 2 rings (SSSR count). The maximum atomic E-state index is 3.51. The van der Waals surface area contributed by atoms with Crippen molar-refractivity contribution in [2.75, 3.05) is 39.0 Å². The van der Waals surface area contributed by atoms with Crippen molar-refractivity contribution in [3.63, 3.8) is 0 Å². The molecule has 94 valence electrons. The first-order valence-electron chi connectivity index (χ1n) is 6.68. The summed E-state index contributed by atoms with van der Waals surface area (Å²) in [5.74, 6) is 0. The molecule has 2 fully saturated rings. The zero-order valence-corrected chi connectivity index (χ0v) is 11.6. The van der Waals surface area contributed by atoms with E-state index in [9.17, 15) is 0 Å². The molecule has 0 aromatic rings. The smallest absolute Gasteiger partial charge is 0.0172 e. The molecular formula is C13H26N2S. The Morgan fingerprint density at radius 1 is 1.44 bits per heavy atom. The highest BCUT2D eigenvalue weighted by atomic mass is 32.2. The third-order valence-electron chi connectivity index (χ3n) is 4.11. The van der Waals surface area contributed by atoms with E-state index in [4.69, 9.17) is 0 Å². The predicted octanol–water partition coefficient (Wildman–Crippen LogP) is 2.20. The first-order valence-corrected chi connectivity index (χ1v) is 7.96. The minimum atomic E-state index is 0.535. The van der Waals surface area contributed by atoms with Gasteiger partial charge < -0.3 is 10.2 Å². The quantitative estimate of drug-likeness (QED) is 0.817. The number of likely N-dealkylation sites (tertiary alicyclic amines) is 1. The molecule has 2 atom stereocenters. The minimum Gasteiger partial charge on any atom is -0.316 e. The maximum Gasteiger partial charge on any atom is 0.0172 e. The zero-order valence-electron chi connectivity index (χ0n) is 10.8. The van der Waals surface area contributed by atoms with E-state index in [1.165, 1.54) is 58.4 Å². The van der Waals surface area contributed by atoms with E-state index in [-0.39, 0.29) is 0 Å². The first kappa shape index (κ1) is 12.7. The van der Waals surface area contributed by atoms with Gasteiger partial charge in [-0.3, -0.25) is 0 Å². The summed E-state index contributed by atoms with van der Waals surface area (Å²) in [5.41, 5.74) is 0.535. The summed E-state index contributed by atoms with van der Waals surface area (Å²) in [6, 6.07) is 0. The van der Waals surface area contributed by atoms with Crippen LogP contribution in [0.25, 0.3) is 0 Å². The molecule has 0 spiro atoms. The SMILES string of the molecule is CSC1CCCCN(CC2(C)CCNC2)C1. The van der Waals surface area contributed by atoms with Gasteiger partial charge in [0.2, 0.25) is 0 Å². The summed E-state index contributed by atoms with van der Waals surface area (Å²) < 4.78 is 0. The van der Waals surface area contributed by atoms with Crippen molar-refractivity contribution in [3.05, 3.63) is 0 Å². The van der Waals surface area contributed by atoms with Crippen LogP contribution in [0.1, 0.15) is 32.6 Å². The molecule has 3 heteroatoms. The molecule has 2 nitrogen and oxygen atoms in total. The van der Waals surface area contributed by atoms with Crippen LogP contribution in [0.4, 0.5) is 0 Å². The molecule has 1 N–H and O–H groups in total. The second-order valence-corrected chi connectivity index (χ2v) is 6.96. The van der Waals surface area contributed by atoms with Crippen molar-refractivity contribution in [3.8, 4) is 0 Å². The Bertz CT molecular complexity index is 214. The van der Waals surface area contributed by atoms with Gasteiger partial charge >= 0.3 is 0 Å². The Morgan fingerprint density at radius 3 is 3.00 bits per heavy atom. The average molecular weight is 242 g/mol. The fourth-order valence-corrected chi connectivity index (χ4v) is 3.82. The van der Waals surface area contributed by atoms with E-state index in [0.29, 0.717) is 5.41 Å². The lowest BCUT2D eigenvalue weighted by Crippen LogP contribution is -2.40. The molecule has 16 heavy (non-hydrogen) atoms. The Kier molecular flexibility index (Phi) is 4.57. The first-order chi connectivity index (χ1) is 7.72. The van der Waals surface area contributed by atoms with Crippen LogP contribution in [0, 0.1) is 5.41 Å². The molecule has 2 heterocycles. The van der Waals surface area contributed by atoms with E-state index in [2.05, 4.69) is 35.2 Å². The van der Waals surface area contributed by atoms with E-state index in [1.807, 2.05) is 0 Å². The summed E-state index contributed by atoms with van der Waals surface area (Å²) in [5, 5.41) is 4.39. The molecule has 2 aliphatic heterocycles. The number of rotatable bonds is 3.